The van der Waals surface area contributed by atoms with Crippen LogP contribution in [-0.2, 0) is 6.42 Å². The fraction of sp³-hybridized carbons (Fsp3) is 0.250. The molecule has 3 heteroatoms. The first-order chi connectivity index (χ1) is 9.13. The second-order valence-electron chi connectivity index (χ2n) is 5.06. The number of anilines is 1. The van der Waals surface area contributed by atoms with Gasteiger partial charge in [-0.1, -0.05) is 28.1 Å². The molecule has 0 saturated heterocycles. The molecule has 0 aliphatic heterocycles. The van der Waals surface area contributed by atoms with E-state index < -0.39 is 0 Å². The summed E-state index contributed by atoms with van der Waals surface area (Å²) in [7, 11) is 0. The molecule has 0 fully saturated rings. The molecule has 1 aliphatic carbocycles. The van der Waals surface area contributed by atoms with Gasteiger partial charge >= 0.3 is 0 Å². The van der Waals surface area contributed by atoms with Gasteiger partial charge in [0.2, 0.25) is 0 Å². The Labute approximate surface area is 130 Å². The van der Waals surface area contributed by atoms with Gasteiger partial charge in [0.15, 0.2) is 0 Å². The molecule has 2 aromatic carbocycles. The summed E-state index contributed by atoms with van der Waals surface area (Å²) in [5, 5.41) is 3.65. The number of aryl methyl sites for hydroxylation is 2. The highest BCUT2D eigenvalue weighted by molar-refractivity contribution is 9.10. The maximum atomic E-state index is 3.65. The quantitative estimate of drug-likeness (QED) is 0.712. The van der Waals surface area contributed by atoms with E-state index in [9.17, 15) is 0 Å². The Kier molecular flexibility index (Phi) is 3.68. The van der Waals surface area contributed by atoms with Gasteiger partial charge in [-0.15, -0.1) is 0 Å². The van der Waals surface area contributed by atoms with E-state index >= 15 is 0 Å². The molecule has 1 nitrogen and oxygen atoms in total. The Morgan fingerprint density at radius 2 is 1.95 bits per heavy atom. The van der Waals surface area contributed by atoms with Crippen LogP contribution in [0.1, 0.15) is 29.2 Å². The molecule has 0 saturated carbocycles. The third-order valence-corrected chi connectivity index (χ3v) is 4.79. The number of benzene rings is 2. The first-order valence-electron chi connectivity index (χ1n) is 6.44. The van der Waals surface area contributed by atoms with Crippen LogP contribution in [0.4, 0.5) is 5.69 Å². The molecule has 1 aliphatic rings. The summed E-state index contributed by atoms with van der Waals surface area (Å²) < 4.78 is 2.31. The van der Waals surface area contributed by atoms with Gasteiger partial charge in [-0.05, 0) is 76.7 Å². The van der Waals surface area contributed by atoms with Crippen molar-refractivity contribution in [3.63, 3.8) is 0 Å². The smallest absolute Gasteiger partial charge is 0.0520 e. The Hall–Kier alpha value is -0.800. The third-order valence-electron chi connectivity index (χ3n) is 3.64. The summed E-state index contributed by atoms with van der Waals surface area (Å²) in [5.74, 6) is 0. The lowest BCUT2D eigenvalue weighted by Crippen LogP contribution is -2.07. The molecule has 1 unspecified atom stereocenters. The van der Waals surface area contributed by atoms with Crippen LogP contribution in [0.25, 0.3) is 0 Å². The Balaban J connectivity index is 1.86. The van der Waals surface area contributed by atoms with Crippen LogP contribution in [0.2, 0.25) is 0 Å². The Bertz CT molecular complexity index is 622. The number of fused-ring (bicyclic) bond motifs is 1. The SMILES string of the molecule is Cc1ccc(NC2CCc3cc(Br)ccc32)c(Br)c1. The van der Waals surface area contributed by atoms with Crippen LogP contribution in [-0.4, -0.2) is 0 Å². The van der Waals surface area contributed by atoms with Crippen molar-refractivity contribution in [3.8, 4) is 0 Å². The van der Waals surface area contributed by atoms with Crippen LogP contribution in [0.5, 0.6) is 0 Å². The van der Waals surface area contributed by atoms with Crippen molar-refractivity contribution >= 4 is 37.5 Å². The van der Waals surface area contributed by atoms with Gasteiger partial charge in [-0.25, -0.2) is 0 Å². The van der Waals surface area contributed by atoms with E-state index in [0.29, 0.717) is 6.04 Å². The maximum absolute atomic E-state index is 3.65. The predicted molar refractivity (Wildman–Crippen MR) is 87.7 cm³/mol. The zero-order chi connectivity index (χ0) is 13.4. The molecule has 0 aromatic heterocycles. The zero-order valence-corrected chi connectivity index (χ0v) is 13.9. The molecule has 0 radical (unpaired) electrons. The van der Waals surface area contributed by atoms with Crippen molar-refractivity contribution in [2.75, 3.05) is 5.32 Å². The monoisotopic (exact) mass is 379 g/mol. The average molecular weight is 381 g/mol. The van der Waals surface area contributed by atoms with Crippen molar-refractivity contribution in [2.24, 2.45) is 0 Å². The summed E-state index contributed by atoms with van der Waals surface area (Å²) in [6.07, 6.45) is 2.31. The van der Waals surface area contributed by atoms with Gasteiger partial charge < -0.3 is 5.32 Å². The predicted octanol–water partition coefficient (Wildman–Crippen LogP) is 5.62. The molecule has 1 N–H and O–H groups in total. The minimum atomic E-state index is 0.419. The molecule has 98 valence electrons. The standard InChI is InChI=1S/C16H15Br2N/c1-10-2-6-16(14(18)8-10)19-15-7-3-11-9-12(17)4-5-13(11)15/h2,4-6,8-9,15,19H,3,7H2,1H3. The van der Waals surface area contributed by atoms with Crippen molar-refractivity contribution in [2.45, 2.75) is 25.8 Å². The van der Waals surface area contributed by atoms with E-state index in [2.05, 4.69) is 80.5 Å². The van der Waals surface area contributed by atoms with E-state index in [1.54, 1.807) is 0 Å². The second-order valence-corrected chi connectivity index (χ2v) is 6.83. The normalized spacial score (nSPS) is 17.3. The lowest BCUT2D eigenvalue weighted by molar-refractivity contribution is 0.761. The van der Waals surface area contributed by atoms with E-state index in [0.717, 1.165) is 17.3 Å². The van der Waals surface area contributed by atoms with Gasteiger partial charge in [0.25, 0.3) is 0 Å². The lowest BCUT2D eigenvalue weighted by Gasteiger charge is -2.17. The molecular weight excluding hydrogens is 366 g/mol. The first kappa shape index (κ1) is 13.2. The fourth-order valence-electron chi connectivity index (χ4n) is 2.66. The Morgan fingerprint density at radius 1 is 1.11 bits per heavy atom. The van der Waals surface area contributed by atoms with Gasteiger partial charge in [0.1, 0.15) is 0 Å². The minimum absolute atomic E-state index is 0.419. The van der Waals surface area contributed by atoms with Gasteiger partial charge in [-0.3, -0.25) is 0 Å². The van der Waals surface area contributed by atoms with Gasteiger partial charge in [0, 0.05) is 14.6 Å². The molecule has 0 bridgehead atoms. The summed E-state index contributed by atoms with van der Waals surface area (Å²) in [6.45, 7) is 2.11. The molecule has 2 aromatic rings. The van der Waals surface area contributed by atoms with Crippen LogP contribution in [0.15, 0.2) is 45.3 Å². The summed E-state index contributed by atoms with van der Waals surface area (Å²) in [5.41, 5.74) is 5.32. The first-order valence-corrected chi connectivity index (χ1v) is 8.03. The highest BCUT2D eigenvalue weighted by Gasteiger charge is 2.22. The fourth-order valence-corrected chi connectivity index (χ4v) is 3.68. The van der Waals surface area contributed by atoms with Gasteiger partial charge in [0.05, 0.1) is 6.04 Å². The minimum Gasteiger partial charge on any atom is -0.377 e. The molecule has 19 heavy (non-hydrogen) atoms. The van der Waals surface area contributed by atoms with Crippen molar-refractivity contribution in [3.05, 3.63) is 62.0 Å². The molecule has 3 rings (SSSR count). The van der Waals surface area contributed by atoms with E-state index in [4.69, 9.17) is 0 Å². The van der Waals surface area contributed by atoms with Crippen LogP contribution >= 0.6 is 31.9 Å². The molecule has 1 atom stereocenters. The van der Waals surface area contributed by atoms with E-state index in [1.807, 2.05) is 0 Å². The number of hydrogen-bond acceptors (Lipinski definition) is 1. The summed E-state index contributed by atoms with van der Waals surface area (Å²) >= 11 is 7.18. The van der Waals surface area contributed by atoms with E-state index in [1.165, 1.54) is 26.9 Å². The Morgan fingerprint density at radius 3 is 2.74 bits per heavy atom. The summed E-state index contributed by atoms with van der Waals surface area (Å²) in [4.78, 5) is 0. The highest BCUT2D eigenvalue weighted by Crippen LogP contribution is 2.37. The number of rotatable bonds is 2. The number of halogens is 2. The van der Waals surface area contributed by atoms with Crippen LogP contribution in [0, 0.1) is 6.92 Å². The van der Waals surface area contributed by atoms with Gasteiger partial charge in [-0.2, -0.15) is 0 Å². The maximum Gasteiger partial charge on any atom is 0.0520 e. The average Bonchev–Trinajstić information content (AvgIpc) is 2.75. The number of hydrogen-bond donors (Lipinski definition) is 1. The van der Waals surface area contributed by atoms with Crippen LogP contribution < -0.4 is 5.32 Å². The largest absolute Gasteiger partial charge is 0.377 e. The van der Waals surface area contributed by atoms with Crippen molar-refractivity contribution in [1.82, 2.24) is 0 Å². The molecule has 0 amide bonds. The van der Waals surface area contributed by atoms with Crippen molar-refractivity contribution < 1.29 is 0 Å². The second kappa shape index (κ2) is 5.29. The number of nitrogens with one attached hydrogen (secondary N) is 1. The molecular formula is C16H15Br2N. The topological polar surface area (TPSA) is 12.0 Å². The lowest BCUT2D eigenvalue weighted by atomic mass is 10.1. The molecule has 0 spiro atoms. The van der Waals surface area contributed by atoms with Crippen LogP contribution in [0.3, 0.4) is 0 Å². The highest BCUT2D eigenvalue weighted by atomic mass is 79.9. The summed E-state index contributed by atoms with van der Waals surface area (Å²) in [6, 6.07) is 13.5. The molecule has 0 heterocycles. The van der Waals surface area contributed by atoms with Crippen molar-refractivity contribution in [1.29, 1.82) is 0 Å². The van der Waals surface area contributed by atoms with E-state index in [-0.39, 0.29) is 0 Å². The zero-order valence-electron chi connectivity index (χ0n) is 10.7. The third kappa shape index (κ3) is 2.72.